The van der Waals surface area contributed by atoms with Crippen LogP contribution in [0, 0.1) is 25.2 Å². The van der Waals surface area contributed by atoms with Crippen LogP contribution < -0.4 is 9.64 Å². The number of piperidine rings is 1. The fraction of sp³-hybridized carbons (Fsp3) is 0.560. The quantitative estimate of drug-likeness (QED) is 0.669. The molecule has 0 unspecified atom stereocenters. The third-order valence-electron chi connectivity index (χ3n) is 6.02. The molecule has 6 heteroatoms. The highest BCUT2D eigenvalue weighted by Gasteiger charge is 2.29. The van der Waals surface area contributed by atoms with Crippen LogP contribution in [0.2, 0.25) is 0 Å². The summed E-state index contributed by atoms with van der Waals surface area (Å²) in [6, 6.07) is 2.07. The molecule has 31 heavy (non-hydrogen) atoms. The number of aliphatic carboxylic acids is 1. The Morgan fingerprint density at radius 2 is 1.87 bits per heavy atom. The molecule has 0 atom stereocenters. The number of carboxylic acids is 1. The Kier molecular flexibility index (Phi) is 6.87. The summed E-state index contributed by atoms with van der Waals surface area (Å²) in [7, 11) is 0. The lowest BCUT2D eigenvalue weighted by molar-refractivity contribution is -0.136. The van der Waals surface area contributed by atoms with Gasteiger partial charge in [0.15, 0.2) is 0 Å². The van der Waals surface area contributed by atoms with Crippen molar-refractivity contribution in [3.05, 3.63) is 35.3 Å². The molecule has 0 spiro atoms. The molecule has 168 valence electrons. The van der Waals surface area contributed by atoms with Crippen molar-refractivity contribution in [1.29, 1.82) is 0 Å². The summed E-state index contributed by atoms with van der Waals surface area (Å²) in [5.74, 6) is 0.229. The monoisotopic (exact) mass is 425 g/mol. The summed E-state index contributed by atoms with van der Waals surface area (Å²) in [4.78, 5) is 23.1. The molecule has 0 aromatic carbocycles. The summed E-state index contributed by atoms with van der Waals surface area (Å²) in [5.41, 5.74) is 5.70. The number of hydrogen-bond acceptors (Lipinski definition) is 5. The van der Waals surface area contributed by atoms with Gasteiger partial charge in [0.05, 0.1) is 18.7 Å². The smallest absolute Gasteiger partial charge is 0.307 e. The second-order valence-electron chi connectivity index (χ2n) is 9.86. The summed E-state index contributed by atoms with van der Waals surface area (Å²) in [5, 5.41) is 9.57. The van der Waals surface area contributed by atoms with Gasteiger partial charge in [-0.15, -0.1) is 0 Å². The van der Waals surface area contributed by atoms with Crippen LogP contribution in [0.1, 0.15) is 57.4 Å². The van der Waals surface area contributed by atoms with Crippen molar-refractivity contribution in [2.75, 3.05) is 24.6 Å². The highest BCUT2D eigenvalue weighted by molar-refractivity contribution is 5.84. The van der Waals surface area contributed by atoms with Crippen LogP contribution in [0.3, 0.4) is 0 Å². The Bertz CT molecular complexity index is 943. The van der Waals surface area contributed by atoms with Gasteiger partial charge >= 0.3 is 5.97 Å². The Labute approximate surface area is 185 Å². The number of rotatable bonds is 7. The fourth-order valence-corrected chi connectivity index (χ4v) is 4.01. The topological polar surface area (TPSA) is 75.5 Å². The minimum atomic E-state index is -0.840. The first-order valence-electron chi connectivity index (χ1n) is 11.1. The average Bonchev–Trinajstić information content (AvgIpc) is 2.68. The first-order valence-corrected chi connectivity index (χ1v) is 11.1. The molecule has 0 saturated carbocycles. The predicted molar refractivity (Wildman–Crippen MR) is 124 cm³/mol. The van der Waals surface area contributed by atoms with Crippen molar-refractivity contribution in [2.24, 2.45) is 11.3 Å². The largest absolute Gasteiger partial charge is 0.481 e. The van der Waals surface area contributed by atoms with Gasteiger partial charge in [0.25, 0.3) is 0 Å². The van der Waals surface area contributed by atoms with Gasteiger partial charge in [-0.2, -0.15) is 0 Å². The Morgan fingerprint density at radius 3 is 2.45 bits per heavy atom. The average molecular weight is 426 g/mol. The molecule has 1 aliphatic heterocycles. The van der Waals surface area contributed by atoms with Gasteiger partial charge < -0.3 is 14.7 Å². The van der Waals surface area contributed by atoms with Crippen LogP contribution in [-0.4, -0.2) is 40.7 Å². The van der Waals surface area contributed by atoms with Gasteiger partial charge in [-0.05, 0) is 44.1 Å². The zero-order chi connectivity index (χ0) is 22.8. The van der Waals surface area contributed by atoms with E-state index in [1.165, 1.54) is 0 Å². The number of anilines is 1. The highest BCUT2D eigenvalue weighted by Crippen LogP contribution is 2.40. The van der Waals surface area contributed by atoms with Crippen molar-refractivity contribution in [2.45, 2.75) is 60.8 Å². The van der Waals surface area contributed by atoms with E-state index >= 15 is 0 Å². The fourth-order valence-electron chi connectivity index (χ4n) is 4.01. The summed E-state index contributed by atoms with van der Waals surface area (Å²) in [6.45, 7) is 15.1. The molecule has 2 aromatic rings. The first-order chi connectivity index (χ1) is 14.6. The van der Waals surface area contributed by atoms with Gasteiger partial charge in [0, 0.05) is 53.4 Å². The molecule has 1 saturated heterocycles. The van der Waals surface area contributed by atoms with Crippen LogP contribution in [0.25, 0.3) is 11.1 Å². The zero-order valence-electron chi connectivity index (χ0n) is 19.7. The van der Waals surface area contributed by atoms with Crippen molar-refractivity contribution in [3.8, 4) is 17.0 Å². The van der Waals surface area contributed by atoms with Crippen molar-refractivity contribution < 1.29 is 14.6 Å². The number of carbonyl (C=O) groups is 1. The maximum Gasteiger partial charge on any atom is 0.307 e. The third kappa shape index (κ3) is 5.54. The number of hydrogen-bond donors (Lipinski definition) is 1. The summed E-state index contributed by atoms with van der Waals surface area (Å²) >= 11 is 0. The van der Waals surface area contributed by atoms with Crippen molar-refractivity contribution in [1.82, 2.24) is 9.97 Å². The lowest BCUT2D eigenvalue weighted by atomic mass is 9.82. The minimum Gasteiger partial charge on any atom is -0.481 e. The van der Waals surface area contributed by atoms with E-state index in [2.05, 4.69) is 48.6 Å². The third-order valence-corrected chi connectivity index (χ3v) is 6.02. The van der Waals surface area contributed by atoms with E-state index in [-0.39, 0.29) is 6.42 Å². The molecular weight excluding hydrogens is 390 g/mol. The SMILES string of the molecule is Cc1cc(-c2cnc(C)c(CC(=O)O)c2N2CCC(C)(C)CC2)cnc1OCC(C)C. The first kappa shape index (κ1) is 23.0. The summed E-state index contributed by atoms with van der Waals surface area (Å²) < 4.78 is 5.84. The lowest BCUT2D eigenvalue weighted by Gasteiger charge is -2.40. The van der Waals surface area contributed by atoms with E-state index < -0.39 is 5.97 Å². The van der Waals surface area contributed by atoms with Gasteiger partial charge in [-0.3, -0.25) is 9.78 Å². The Morgan fingerprint density at radius 1 is 1.19 bits per heavy atom. The standard InChI is InChI=1S/C25H35N3O3/c1-16(2)15-31-24-17(3)11-19(13-27-24)21-14-26-18(4)20(12-22(29)30)23(21)28-9-7-25(5,6)8-10-28/h11,13-14,16H,7-10,12,15H2,1-6H3,(H,29,30). The van der Waals surface area contributed by atoms with Crippen LogP contribution in [0.15, 0.2) is 18.5 Å². The molecule has 0 radical (unpaired) electrons. The number of carboxylic acid groups (broad SMARTS) is 1. The zero-order valence-corrected chi connectivity index (χ0v) is 19.7. The number of aromatic nitrogens is 2. The Hall–Kier alpha value is -2.63. The molecule has 0 amide bonds. The highest BCUT2D eigenvalue weighted by atomic mass is 16.5. The molecule has 1 aliphatic rings. The minimum absolute atomic E-state index is 0.0378. The second-order valence-corrected chi connectivity index (χ2v) is 9.86. The van der Waals surface area contributed by atoms with Gasteiger partial charge in [-0.1, -0.05) is 27.7 Å². The van der Waals surface area contributed by atoms with Crippen LogP contribution >= 0.6 is 0 Å². The maximum absolute atomic E-state index is 11.7. The van der Waals surface area contributed by atoms with E-state index in [0.717, 1.165) is 59.6 Å². The molecule has 3 heterocycles. The molecular formula is C25H35N3O3. The maximum atomic E-state index is 11.7. The number of nitrogens with zero attached hydrogens (tertiary/aromatic N) is 3. The van der Waals surface area contributed by atoms with E-state index in [1.54, 1.807) is 0 Å². The number of pyridine rings is 2. The molecule has 3 rings (SSSR count). The van der Waals surface area contributed by atoms with E-state index in [9.17, 15) is 9.90 Å². The van der Waals surface area contributed by atoms with Crippen LogP contribution in [-0.2, 0) is 11.2 Å². The number of aryl methyl sites for hydroxylation is 2. The van der Waals surface area contributed by atoms with Crippen LogP contribution in [0.5, 0.6) is 5.88 Å². The molecule has 2 aromatic heterocycles. The van der Waals surface area contributed by atoms with Gasteiger partial charge in [-0.25, -0.2) is 4.98 Å². The predicted octanol–water partition coefficient (Wildman–Crippen LogP) is 5.05. The van der Waals surface area contributed by atoms with Crippen LogP contribution in [0.4, 0.5) is 5.69 Å². The molecule has 0 aliphatic carbocycles. The second kappa shape index (κ2) is 9.25. The molecule has 1 N–H and O–H groups in total. The lowest BCUT2D eigenvalue weighted by Crippen LogP contribution is -2.38. The van der Waals surface area contributed by atoms with Crippen molar-refractivity contribution in [3.63, 3.8) is 0 Å². The van der Waals surface area contributed by atoms with E-state index in [1.807, 2.05) is 26.2 Å². The summed E-state index contributed by atoms with van der Waals surface area (Å²) in [6.07, 6.45) is 5.78. The van der Waals surface area contributed by atoms with Gasteiger partial charge in [0.2, 0.25) is 5.88 Å². The Balaban J connectivity index is 2.05. The number of ether oxygens (including phenoxy) is 1. The molecule has 1 fully saturated rings. The molecule has 0 bridgehead atoms. The normalized spacial score (nSPS) is 15.9. The van der Waals surface area contributed by atoms with E-state index in [0.29, 0.717) is 23.8 Å². The van der Waals surface area contributed by atoms with Crippen molar-refractivity contribution >= 4 is 11.7 Å². The molecule has 6 nitrogen and oxygen atoms in total. The van der Waals surface area contributed by atoms with Gasteiger partial charge in [0.1, 0.15) is 0 Å². The van der Waals surface area contributed by atoms with E-state index in [4.69, 9.17) is 4.74 Å².